The van der Waals surface area contributed by atoms with Crippen LogP contribution in [0.3, 0.4) is 0 Å². The van der Waals surface area contributed by atoms with Gasteiger partial charge in [0.2, 0.25) is 0 Å². The Hall–Kier alpha value is -4.66. The Morgan fingerprint density at radius 1 is 1.18 bits per heavy atom. The van der Waals surface area contributed by atoms with Crippen LogP contribution in [0.1, 0.15) is 0 Å². The molecule has 0 unspecified atom stereocenters. The third kappa shape index (κ3) is 4.06. The van der Waals surface area contributed by atoms with Crippen LogP contribution in [0, 0.1) is 5.82 Å². The molecule has 0 saturated heterocycles. The summed E-state index contributed by atoms with van der Waals surface area (Å²) < 4.78 is 26.6. The number of hydrogen-bond donors (Lipinski definition) is 1. The van der Waals surface area contributed by atoms with Crippen LogP contribution in [-0.4, -0.2) is 34.2 Å². The van der Waals surface area contributed by atoms with Crippen molar-refractivity contribution in [2.45, 2.75) is 0 Å². The molecule has 34 heavy (non-hydrogen) atoms. The number of rotatable bonds is 5. The number of amides is 1. The minimum Gasteiger partial charge on any atom is -0.484 e. The maximum absolute atomic E-state index is 13.1. The highest BCUT2D eigenvalue weighted by Crippen LogP contribution is 2.25. The van der Waals surface area contributed by atoms with Gasteiger partial charge in [0.1, 0.15) is 28.2 Å². The Morgan fingerprint density at radius 2 is 2.00 bits per heavy atom. The zero-order chi connectivity index (χ0) is 23.7. The van der Waals surface area contributed by atoms with E-state index in [9.17, 15) is 14.4 Å². The number of benzene rings is 2. The van der Waals surface area contributed by atoms with Crippen molar-refractivity contribution in [1.29, 1.82) is 0 Å². The fourth-order valence-corrected chi connectivity index (χ4v) is 3.57. The summed E-state index contributed by atoms with van der Waals surface area (Å²) in [5.74, 6) is 0.144. The van der Waals surface area contributed by atoms with Crippen LogP contribution in [0.4, 0.5) is 10.1 Å². The standard InChI is InChI=1S/C25H19FN4O4/c1-29(17-6-4-16(26)5-7-17)25(31)14-33-19-8-9-23-20(12-19)21(28-32)13-24(34-23)22-11-18-3-2-10-30(18)15-27-22/h2-13,15,32H,14H2,1H3. The smallest absolute Gasteiger partial charge is 0.264 e. The molecule has 5 aromatic rings. The van der Waals surface area contributed by atoms with Gasteiger partial charge in [0.15, 0.2) is 12.4 Å². The Morgan fingerprint density at radius 3 is 2.79 bits per heavy atom. The minimum atomic E-state index is -0.378. The number of halogens is 1. The predicted octanol–water partition coefficient (Wildman–Crippen LogP) is 4.22. The monoisotopic (exact) mass is 458 g/mol. The number of likely N-dealkylation sites (N-methyl/N-ethyl adjacent to an activating group) is 1. The van der Waals surface area contributed by atoms with Crippen molar-refractivity contribution >= 4 is 28.1 Å². The molecule has 0 aliphatic rings. The van der Waals surface area contributed by atoms with E-state index in [1.807, 2.05) is 28.8 Å². The molecule has 170 valence electrons. The molecule has 1 N–H and O–H groups in total. The van der Waals surface area contributed by atoms with Gasteiger partial charge in [0, 0.05) is 30.5 Å². The average molecular weight is 458 g/mol. The summed E-state index contributed by atoms with van der Waals surface area (Å²) >= 11 is 0. The molecule has 5 rings (SSSR count). The second-order valence-corrected chi connectivity index (χ2v) is 7.59. The van der Waals surface area contributed by atoms with E-state index in [0.29, 0.717) is 33.9 Å². The van der Waals surface area contributed by atoms with E-state index < -0.39 is 0 Å². The molecule has 0 aliphatic carbocycles. The van der Waals surface area contributed by atoms with Crippen molar-refractivity contribution in [2.75, 3.05) is 18.6 Å². The molecule has 0 bridgehead atoms. The summed E-state index contributed by atoms with van der Waals surface area (Å²) in [6.45, 7) is -0.235. The molecular weight excluding hydrogens is 439 g/mol. The van der Waals surface area contributed by atoms with Crippen molar-refractivity contribution in [2.24, 2.45) is 5.16 Å². The molecule has 9 heteroatoms. The summed E-state index contributed by atoms with van der Waals surface area (Å²) in [5.41, 5.74) is 2.55. The van der Waals surface area contributed by atoms with E-state index in [1.165, 1.54) is 29.2 Å². The molecule has 0 saturated carbocycles. The predicted molar refractivity (Wildman–Crippen MR) is 123 cm³/mol. The van der Waals surface area contributed by atoms with Gasteiger partial charge in [-0.15, -0.1) is 0 Å². The Bertz CT molecular complexity index is 1570. The molecule has 0 aliphatic heterocycles. The van der Waals surface area contributed by atoms with Gasteiger partial charge in [-0.05, 0) is 60.7 Å². The first-order valence-electron chi connectivity index (χ1n) is 10.4. The number of hydrogen-bond acceptors (Lipinski definition) is 6. The first-order valence-corrected chi connectivity index (χ1v) is 10.4. The van der Waals surface area contributed by atoms with E-state index >= 15 is 0 Å². The lowest BCUT2D eigenvalue weighted by Crippen LogP contribution is -2.31. The number of anilines is 1. The van der Waals surface area contributed by atoms with Crippen molar-refractivity contribution in [3.8, 4) is 17.2 Å². The fraction of sp³-hybridized carbons (Fsp3) is 0.0800. The van der Waals surface area contributed by atoms with Gasteiger partial charge in [-0.3, -0.25) is 4.79 Å². The highest BCUT2D eigenvalue weighted by molar-refractivity contribution is 5.94. The van der Waals surface area contributed by atoms with Crippen LogP contribution in [0.2, 0.25) is 0 Å². The third-order valence-electron chi connectivity index (χ3n) is 5.44. The van der Waals surface area contributed by atoms with Crippen LogP contribution >= 0.6 is 0 Å². The van der Waals surface area contributed by atoms with E-state index in [-0.39, 0.29) is 23.7 Å². The van der Waals surface area contributed by atoms with E-state index in [1.54, 1.807) is 37.6 Å². The Labute approximate surface area is 192 Å². The maximum Gasteiger partial charge on any atom is 0.264 e. The molecule has 8 nitrogen and oxygen atoms in total. The number of fused-ring (bicyclic) bond motifs is 2. The Balaban J connectivity index is 1.39. The molecule has 3 aromatic heterocycles. The minimum absolute atomic E-state index is 0.235. The van der Waals surface area contributed by atoms with Crippen molar-refractivity contribution < 1.29 is 23.5 Å². The normalized spacial score (nSPS) is 11.8. The Kier molecular flexibility index (Phi) is 5.43. The van der Waals surface area contributed by atoms with Crippen LogP contribution in [0.15, 0.2) is 88.8 Å². The summed E-state index contributed by atoms with van der Waals surface area (Å²) in [7, 11) is 1.59. The van der Waals surface area contributed by atoms with E-state index in [0.717, 1.165) is 5.52 Å². The fourth-order valence-electron chi connectivity index (χ4n) is 3.57. The van der Waals surface area contributed by atoms with Gasteiger partial charge in [-0.25, -0.2) is 9.37 Å². The number of nitrogens with zero attached hydrogens (tertiary/aromatic N) is 4. The van der Waals surface area contributed by atoms with Crippen molar-refractivity contribution in [3.05, 3.63) is 90.4 Å². The SMILES string of the molecule is CN(C(=O)COc1ccc2oc(-c3cc4cccn4cn3)cc(=NO)c2c1)c1ccc(F)cc1. The quantitative estimate of drug-likeness (QED) is 0.315. The second-order valence-electron chi connectivity index (χ2n) is 7.59. The molecule has 0 fully saturated rings. The third-order valence-corrected chi connectivity index (χ3v) is 5.44. The number of carbonyl (C=O) groups excluding carboxylic acids is 1. The zero-order valence-electron chi connectivity index (χ0n) is 18.1. The van der Waals surface area contributed by atoms with Gasteiger partial charge in [0.25, 0.3) is 5.91 Å². The number of ether oxygens (including phenoxy) is 1. The highest BCUT2D eigenvalue weighted by Gasteiger charge is 2.13. The van der Waals surface area contributed by atoms with Gasteiger partial charge < -0.3 is 23.7 Å². The lowest BCUT2D eigenvalue weighted by Gasteiger charge is -2.17. The van der Waals surface area contributed by atoms with Crippen LogP contribution < -0.4 is 15.0 Å². The van der Waals surface area contributed by atoms with Crippen LogP contribution in [-0.2, 0) is 4.79 Å². The maximum atomic E-state index is 13.1. The van der Waals surface area contributed by atoms with Crippen molar-refractivity contribution in [1.82, 2.24) is 9.38 Å². The first kappa shape index (κ1) is 21.2. The highest BCUT2D eigenvalue weighted by atomic mass is 19.1. The van der Waals surface area contributed by atoms with Crippen LogP contribution in [0.25, 0.3) is 27.9 Å². The van der Waals surface area contributed by atoms with E-state index in [4.69, 9.17) is 9.15 Å². The number of aromatic nitrogens is 2. The summed E-state index contributed by atoms with van der Waals surface area (Å²) in [4.78, 5) is 18.3. The first-order chi connectivity index (χ1) is 16.5. The lowest BCUT2D eigenvalue weighted by molar-refractivity contribution is -0.120. The molecule has 2 aromatic carbocycles. The lowest BCUT2D eigenvalue weighted by atomic mass is 10.2. The summed E-state index contributed by atoms with van der Waals surface area (Å²) in [5, 5.41) is 13.8. The van der Waals surface area contributed by atoms with Gasteiger partial charge in [0.05, 0.1) is 11.7 Å². The van der Waals surface area contributed by atoms with Gasteiger partial charge >= 0.3 is 0 Å². The summed E-state index contributed by atoms with van der Waals surface area (Å²) in [6.07, 6.45) is 3.57. The molecule has 0 radical (unpaired) electrons. The van der Waals surface area contributed by atoms with Crippen molar-refractivity contribution in [3.63, 3.8) is 0 Å². The number of carbonyl (C=O) groups is 1. The van der Waals surface area contributed by atoms with E-state index in [2.05, 4.69) is 10.1 Å². The largest absolute Gasteiger partial charge is 0.484 e. The molecule has 3 heterocycles. The van der Waals surface area contributed by atoms with Crippen LogP contribution in [0.5, 0.6) is 5.75 Å². The topological polar surface area (TPSA) is 92.6 Å². The summed E-state index contributed by atoms with van der Waals surface area (Å²) in [6, 6.07) is 17.9. The average Bonchev–Trinajstić information content (AvgIpc) is 3.34. The van der Waals surface area contributed by atoms with Gasteiger partial charge in [-0.1, -0.05) is 5.16 Å². The molecule has 0 atom stereocenters. The molecular formula is C25H19FN4O4. The molecule has 0 spiro atoms. The molecule has 1 amide bonds. The van der Waals surface area contributed by atoms with Gasteiger partial charge in [-0.2, -0.15) is 0 Å². The zero-order valence-corrected chi connectivity index (χ0v) is 18.1. The second kappa shape index (κ2) is 8.70.